The van der Waals surface area contributed by atoms with Crippen molar-refractivity contribution >= 4 is 6.29 Å². The molecule has 0 aliphatic carbocycles. The summed E-state index contributed by atoms with van der Waals surface area (Å²) in [7, 11) is 0. The van der Waals surface area contributed by atoms with Crippen LogP contribution in [0.3, 0.4) is 0 Å². The molecule has 0 saturated heterocycles. The Bertz CT molecular complexity index is 148. The topological polar surface area (TPSA) is 118 Å². The molecule has 0 spiro atoms. The van der Waals surface area contributed by atoms with Gasteiger partial charge >= 0.3 is 0 Å². The van der Waals surface area contributed by atoms with Crippen LogP contribution in [0, 0.1) is 0 Å². The molecule has 0 unspecified atom stereocenters. The molecule has 88 valence electrons. The third kappa shape index (κ3) is 6.07. The summed E-state index contributed by atoms with van der Waals surface area (Å²) in [6, 6.07) is 0. The van der Waals surface area contributed by atoms with E-state index < -0.39 is 31.0 Å². The molecule has 0 aliphatic heterocycles. The third-order valence-electron chi connectivity index (χ3n) is 1.42. The van der Waals surface area contributed by atoms with Gasteiger partial charge in [0.05, 0.1) is 6.61 Å². The molecule has 8 heteroatoms. The number of aldehydes is 1. The summed E-state index contributed by atoms with van der Waals surface area (Å²) >= 11 is 0. The van der Waals surface area contributed by atoms with Crippen molar-refractivity contribution in [2.45, 2.75) is 24.4 Å². The van der Waals surface area contributed by atoms with Crippen molar-refractivity contribution < 1.29 is 64.2 Å². The van der Waals surface area contributed by atoms with Crippen LogP contribution in [0.2, 0.25) is 0 Å². The SMILES string of the molecule is O=C[C@H](O)[C@@H](O)[C@H](O)[C@H](O)CO.[Co].[Mn]. The zero-order chi connectivity index (χ0) is 9.72. The standard InChI is InChI=1S/C6H12O6.Co.Mn/c7-1-3(9)5(11)6(12)4(10)2-8;;/h1,3-6,8-12H,2H2;;/t3-,4+,5+,6+;;/m0../s1. The van der Waals surface area contributed by atoms with Crippen LogP contribution in [-0.4, -0.2) is 62.8 Å². The van der Waals surface area contributed by atoms with Crippen LogP contribution < -0.4 is 0 Å². The largest absolute Gasteiger partial charge is 0.394 e. The van der Waals surface area contributed by atoms with Gasteiger partial charge in [0.15, 0.2) is 6.29 Å². The van der Waals surface area contributed by atoms with Crippen molar-refractivity contribution in [1.29, 1.82) is 0 Å². The fourth-order valence-corrected chi connectivity index (χ4v) is 0.618. The minimum absolute atomic E-state index is 0. The maximum Gasteiger partial charge on any atom is 0.151 e. The normalized spacial score (nSPS) is 18.1. The molecule has 0 saturated carbocycles. The molecule has 4 atom stereocenters. The van der Waals surface area contributed by atoms with Crippen molar-refractivity contribution in [3.63, 3.8) is 0 Å². The first-order chi connectivity index (χ1) is 5.54. The van der Waals surface area contributed by atoms with Crippen molar-refractivity contribution in [3.8, 4) is 0 Å². The van der Waals surface area contributed by atoms with Crippen LogP contribution in [0.5, 0.6) is 0 Å². The van der Waals surface area contributed by atoms with Crippen LogP contribution in [0.1, 0.15) is 0 Å². The van der Waals surface area contributed by atoms with Crippen LogP contribution in [-0.2, 0) is 38.6 Å². The van der Waals surface area contributed by atoms with E-state index in [0.717, 1.165) is 0 Å². The zero-order valence-electron chi connectivity index (χ0n) is 6.95. The first-order valence-electron chi connectivity index (χ1n) is 3.33. The van der Waals surface area contributed by atoms with Crippen molar-refractivity contribution in [1.82, 2.24) is 0 Å². The molecule has 0 heterocycles. The Hall–Kier alpha value is 0.496. The van der Waals surface area contributed by atoms with Gasteiger partial charge in [0.25, 0.3) is 0 Å². The average Bonchev–Trinajstić information content (AvgIpc) is 2.12. The number of rotatable bonds is 5. The molecular weight excluding hydrogens is 282 g/mol. The third-order valence-corrected chi connectivity index (χ3v) is 1.42. The fraction of sp³-hybridized carbons (Fsp3) is 0.833. The van der Waals surface area contributed by atoms with Crippen LogP contribution in [0.4, 0.5) is 0 Å². The number of aliphatic hydroxyl groups is 5. The first-order valence-corrected chi connectivity index (χ1v) is 3.33. The monoisotopic (exact) mass is 294 g/mol. The molecular formula is C6H12CoMnO6. The fourth-order valence-electron chi connectivity index (χ4n) is 0.618. The molecule has 2 radical (unpaired) electrons. The maximum absolute atomic E-state index is 9.90. The molecule has 0 bridgehead atoms. The first kappa shape index (κ1) is 20.0. The summed E-state index contributed by atoms with van der Waals surface area (Å²) in [5, 5.41) is 43.5. The second-order valence-electron chi connectivity index (χ2n) is 2.36. The Balaban J connectivity index is -0.000000605. The molecule has 0 aromatic heterocycles. The second kappa shape index (κ2) is 10.0. The number of carbonyl (C=O) groups is 1. The quantitative estimate of drug-likeness (QED) is 0.267. The van der Waals surface area contributed by atoms with E-state index >= 15 is 0 Å². The number of carbonyl (C=O) groups excluding carboxylic acids is 1. The minimum atomic E-state index is -1.79. The molecule has 0 rings (SSSR count). The number of hydrogen-bond acceptors (Lipinski definition) is 6. The molecule has 5 N–H and O–H groups in total. The molecule has 0 aromatic rings. The summed E-state index contributed by atoms with van der Waals surface area (Å²) in [4.78, 5) is 9.90. The molecule has 0 fully saturated rings. The van der Waals surface area contributed by atoms with Gasteiger partial charge in [-0.05, 0) is 0 Å². The molecule has 0 aliphatic rings. The van der Waals surface area contributed by atoms with Crippen LogP contribution >= 0.6 is 0 Å². The van der Waals surface area contributed by atoms with E-state index in [4.69, 9.17) is 25.5 Å². The molecule has 0 amide bonds. The number of aliphatic hydroxyl groups excluding tert-OH is 5. The van der Waals surface area contributed by atoms with Crippen molar-refractivity contribution in [2.75, 3.05) is 6.61 Å². The van der Waals surface area contributed by atoms with Gasteiger partial charge in [-0.15, -0.1) is 0 Å². The smallest absolute Gasteiger partial charge is 0.151 e. The van der Waals surface area contributed by atoms with Gasteiger partial charge in [-0.1, -0.05) is 0 Å². The summed E-state index contributed by atoms with van der Waals surface area (Å²) in [5.41, 5.74) is 0. The summed E-state index contributed by atoms with van der Waals surface area (Å²) in [5.74, 6) is 0. The van der Waals surface area contributed by atoms with E-state index in [1.165, 1.54) is 0 Å². The minimum Gasteiger partial charge on any atom is -0.394 e. The van der Waals surface area contributed by atoms with Crippen LogP contribution in [0.15, 0.2) is 0 Å². The van der Waals surface area contributed by atoms with Gasteiger partial charge in [0, 0.05) is 33.8 Å². The van der Waals surface area contributed by atoms with E-state index in [9.17, 15) is 4.79 Å². The number of hydrogen-bond donors (Lipinski definition) is 5. The van der Waals surface area contributed by atoms with Gasteiger partial charge < -0.3 is 30.3 Å². The average molecular weight is 294 g/mol. The van der Waals surface area contributed by atoms with Gasteiger partial charge in [-0.3, -0.25) is 0 Å². The van der Waals surface area contributed by atoms with E-state index in [1.54, 1.807) is 0 Å². The summed E-state index contributed by atoms with van der Waals surface area (Å²) in [6.45, 7) is -0.760. The summed E-state index contributed by atoms with van der Waals surface area (Å²) < 4.78 is 0. The van der Waals surface area contributed by atoms with Crippen molar-refractivity contribution in [3.05, 3.63) is 0 Å². The molecule has 0 aromatic carbocycles. The predicted octanol–water partition coefficient (Wildman–Crippen LogP) is -3.38. The Morgan fingerprint density at radius 3 is 1.79 bits per heavy atom. The van der Waals surface area contributed by atoms with Gasteiger partial charge in [-0.25, -0.2) is 0 Å². The van der Waals surface area contributed by atoms with Gasteiger partial charge in [-0.2, -0.15) is 0 Å². The van der Waals surface area contributed by atoms with E-state index in [2.05, 4.69) is 0 Å². The Kier molecular flexibility index (Phi) is 14.3. The van der Waals surface area contributed by atoms with E-state index in [-0.39, 0.29) is 40.1 Å². The van der Waals surface area contributed by atoms with Gasteiger partial charge in [0.1, 0.15) is 24.4 Å². The zero-order valence-corrected chi connectivity index (χ0v) is 9.17. The van der Waals surface area contributed by atoms with E-state index in [1.807, 2.05) is 0 Å². The van der Waals surface area contributed by atoms with Crippen LogP contribution in [0.25, 0.3) is 0 Å². The Labute approximate surface area is 102 Å². The van der Waals surface area contributed by atoms with Gasteiger partial charge in [0.2, 0.25) is 0 Å². The molecule has 6 nitrogen and oxygen atoms in total. The maximum atomic E-state index is 9.90. The molecule has 14 heavy (non-hydrogen) atoms. The summed E-state index contributed by atoms with van der Waals surface area (Å²) in [6.07, 6.45) is -6.84. The van der Waals surface area contributed by atoms with E-state index in [0.29, 0.717) is 0 Å². The van der Waals surface area contributed by atoms with Crippen molar-refractivity contribution in [2.24, 2.45) is 0 Å². The second-order valence-corrected chi connectivity index (χ2v) is 2.36. The Morgan fingerprint density at radius 2 is 1.50 bits per heavy atom. The Morgan fingerprint density at radius 1 is 1.07 bits per heavy atom. The predicted molar refractivity (Wildman–Crippen MR) is 37.2 cm³/mol.